The SMILES string of the molecule is COc1ccc(C(CC(C)C)NS(=O)(=O)c2nnc(NC(=O)c3ccc(Cl)cc3Cl)s2)cc1. The van der Waals surface area contributed by atoms with Crippen molar-refractivity contribution in [1.29, 1.82) is 0 Å². The van der Waals surface area contributed by atoms with Crippen molar-refractivity contribution < 1.29 is 17.9 Å². The summed E-state index contributed by atoms with van der Waals surface area (Å²) in [6, 6.07) is 11.1. The predicted molar refractivity (Wildman–Crippen MR) is 130 cm³/mol. The summed E-state index contributed by atoms with van der Waals surface area (Å²) in [5, 5.41) is 10.6. The van der Waals surface area contributed by atoms with Crippen LogP contribution in [0.3, 0.4) is 0 Å². The van der Waals surface area contributed by atoms with Crippen molar-refractivity contribution in [2.24, 2.45) is 5.92 Å². The van der Waals surface area contributed by atoms with Gasteiger partial charge in [-0.25, -0.2) is 13.1 Å². The van der Waals surface area contributed by atoms with Gasteiger partial charge in [0.25, 0.3) is 15.9 Å². The first-order valence-corrected chi connectivity index (χ1v) is 12.9. The Morgan fingerprint density at radius 3 is 2.42 bits per heavy atom. The van der Waals surface area contributed by atoms with E-state index in [0.29, 0.717) is 17.2 Å². The van der Waals surface area contributed by atoms with Gasteiger partial charge in [0.1, 0.15) is 5.75 Å². The smallest absolute Gasteiger partial charge is 0.270 e. The van der Waals surface area contributed by atoms with Crippen LogP contribution in [0.25, 0.3) is 0 Å². The first-order valence-electron chi connectivity index (χ1n) is 9.85. The Morgan fingerprint density at radius 2 is 1.82 bits per heavy atom. The molecule has 0 aliphatic heterocycles. The van der Waals surface area contributed by atoms with E-state index in [4.69, 9.17) is 27.9 Å². The number of nitrogens with zero attached hydrogens (tertiary/aromatic N) is 2. The maximum Gasteiger partial charge on any atom is 0.270 e. The number of carbonyl (C=O) groups excluding carboxylic acids is 1. The fourth-order valence-electron chi connectivity index (χ4n) is 3.00. The van der Waals surface area contributed by atoms with E-state index >= 15 is 0 Å². The molecule has 0 radical (unpaired) electrons. The molecule has 33 heavy (non-hydrogen) atoms. The van der Waals surface area contributed by atoms with E-state index in [-0.39, 0.29) is 26.0 Å². The van der Waals surface area contributed by atoms with Crippen molar-refractivity contribution in [1.82, 2.24) is 14.9 Å². The number of amides is 1. The molecule has 0 spiro atoms. The van der Waals surface area contributed by atoms with E-state index in [1.165, 1.54) is 18.2 Å². The van der Waals surface area contributed by atoms with Crippen LogP contribution in [0, 0.1) is 5.92 Å². The zero-order valence-corrected chi connectivity index (χ0v) is 21.1. The van der Waals surface area contributed by atoms with Gasteiger partial charge in [-0.1, -0.05) is 60.5 Å². The van der Waals surface area contributed by atoms with Crippen LogP contribution in [-0.2, 0) is 10.0 Å². The maximum atomic E-state index is 13.0. The lowest BCUT2D eigenvalue weighted by Gasteiger charge is -2.20. The molecule has 0 aliphatic carbocycles. The van der Waals surface area contributed by atoms with Gasteiger partial charge in [0.2, 0.25) is 9.47 Å². The van der Waals surface area contributed by atoms with Crippen LogP contribution in [0.4, 0.5) is 5.13 Å². The number of carbonyl (C=O) groups is 1. The van der Waals surface area contributed by atoms with Crippen LogP contribution in [0.1, 0.15) is 42.2 Å². The molecular formula is C21H22Cl2N4O4S2. The second-order valence-electron chi connectivity index (χ2n) is 7.53. The number of anilines is 1. The highest BCUT2D eigenvalue weighted by Crippen LogP contribution is 2.28. The molecule has 2 aromatic carbocycles. The Hall–Kier alpha value is -2.24. The molecule has 12 heteroatoms. The standard InChI is InChI=1S/C21H22Cl2N4O4S2/c1-12(2)10-18(13-4-7-15(31-3)8-5-13)27-33(29,30)21-26-25-20(32-21)24-19(28)16-9-6-14(22)11-17(16)23/h4-9,11-12,18,27H,10H2,1-3H3,(H,24,25,28). The van der Waals surface area contributed by atoms with E-state index < -0.39 is 22.0 Å². The number of benzene rings is 2. The molecule has 2 N–H and O–H groups in total. The molecular weight excluding hydrogens is 507 g/mol. The van der Waals surface area contributed by atoms with Crippen molar-refractivity contribution in [3.8, 4) is 5.75 Å². The Kier molecular flexibility index (Phi) is 8.30. The lowest BCUT2D eigenvalue weighted by Crippen LogP contribution is -2.29. The minimum Gasteiger partial charge on any atom is -0.497 e. The van der Waals surface area contributed by atoms with E-state index in [2.05, 4.69) is 20.2 Å². The lowest BCUT2D eigenvalue weighted by atomic mass is 9.98. The topological polar surface area (TPSA) is 110 Å². The van der Waals surface area contributed by atoms with Gasteiger partial charge in [-0.3, -0.25) is 10.1 Å². The molecule has 0 aliphatic rings. The summed E-state index contributed by atoms with van der Waals surface area (Å²) in [6.07, 6.45) is 0.572. The van der Waals surface area contributed by atoms with Crippen molar-refractivity contribution in [2.75, 3.05) is 12.4 Å². The molecule has 3 rings (SSSR count). The average molecular weight is 529 g/mol. The number of halogens is 2. The second kappa shape index (κ2) is 10.8. The van der Waals surface area contributed by atoms with E-state index in [1.807, 2.05) is 26.0 Å². The zero-order chi connectivity index (χ0) is 24.2. The fraction of sp³-hybridized carbons (Fsp3) is 0.286. The molecule has 1 amide bonds. The summed E-state index contributed by atoms with van der Waals surface area (Å²) in [7, 11) is -2.43. The van der Waals surface area contributed by atoms with Crippen LogP contribution < -0.4 is 14.8 Å². The number of nitrogens with one attached hydrogen (secondary N) is 2. The third-order valence-electron chi connectivity index (χ3n) is 4.56. The summed E-state index contributed by atoms with van der Waals surface area (Å²) >= 11 is 12.6. The third-order valence-corrected chi connectivity index (χ3v) is 7.78. The summed E-state index contributed by atoms with van der Waals surface area (Å²) in [4.78, 5) is 12.5. The second-order valence-corrected chi connectivity index (χ2v) is 11.2. The number of methoxy groups -OCH3 is 1. The fourth-order valence-corrected chi connectivity index (χ4v) is 5.65. The molecule has 1 atom stereocenters. The van der Waals surface area contributed by atoms with Crippen molar-refractivity contribution in [3.05, 3.63) is 63.6 Å². The van der Waals surface area contributed by atoms with Crippen LogP contribution in [0.5, 0.6) is 5.75 Å². The van der Waals surface area contributed by atoms with Gasteiger partial charge in [0, 0.05) is 11.1 Å². The summed E-state index contributed by atoms with van der Waals surface area (Å²) in [6.45, 7) is 4.01. The van der Waals surface area contributed by atoms with Gasteiger partial charge in [-0.2, -0.15) is 0 Å². The zero-order valence-electron chi connectivity index (χ0n) is 18.0. The van der Waals surface area contributed by atoms with Crippen molar-refractivity contribution >= 4 is 55.6 Å². The van der Waals surface area contributed by atoms with E-state index in [9.17, 15) is 13.2 Å². The first-order chi connectivity index (χ1) is 15.6. The predicted octanol–water partition coefficient (Wildman–Crippen LogP) is 5.17. The minimum absolute atomic E-state index is 0.0243. The number of aromatic nitrogens is 2. The molecule has 8 nitrogen and oxygen atoms in total. The highest BCUT2D eigenvalue weighted by Gasteiger charge is 2.26. The molecule has 1 aromatic heterocycles. The molecule has 0 fully saturated rings. The maximum absolute atomic E-state index is 13.0. The Morgan fingerprint density at radius 1 is 1.12 bits per heavy atom. The highest BCUT2D eigenvalue weighted by molar-refractivity contribution is 7.91. The third kappa shape index (κ3) is 6.64. The number of ether oxygens (including phenoxy) is 1. The van der Waals surface area contributed by atoms with Crippen LogP contribution in [-0.4, -0.2) is 31.6 Å². The molecule has 1 unspecified atom stereocenters. The summed E-state index contributed by atoms with van der Waals surface area (Å²) in [5.74, 6) is 0.351. The van der Waals surface area contributed by atoms with E-state index in [0.717, 1.165) is 16.9 Å². The molecule has 176 valence electrons. The molecule has 1 heterocycles. The van der Waals surface area contributed by atoms with Crippen molar-refractivity contribution in [3.63, 3.8) is 0 Å². The number of hydrogen-bond donors (Lipinski definition) is 2. The monoisotopic (exact) mass is 528 g/mol. The first kappa shape index (κ1) is 25.4. The Balaban J connectivity index is 1.78. The normalized spacial score (nSPS) is 12.5. The van der Waals surface area contributed by atoms with Gasteiger partial charge in [-0.05, 0) is 48.2 Å². The molecule has 0 saturated heterocycles. The lowest BCUT2D eigenvalue weighted by molar-refractivity contribution is 0.102. The van der Waals surface area contributed by atoms with E-state index in [1.54, 1.807) is 19.2 Å². The Labute approximate surface area is 206 Å². The number of hydrogen-bond acceptors (Lipinski definition) is 7. The summed E-state index contributed by atoms with van der Waals surface area (Å²) < 4.78 is 33.6. The minimum atomic E-state index is -3.99. The highest BCUT2D eigenvalue weighted by atomic mass is 35.5. The number of sulfonamides is 1. The number of rotatable bonds is 9. The van der Waals surface area contributed by atoms with Crippen molar-refractivity contribution in [2.45, 2.75) is 30.6 Å². The van der Waals surface area contributed by atoms with Gasteiger partial charge < -0.3 is 4.74 Å². The molecule has 0 saturated carbocycles. The largest absolute Gasteiger partial charge is 0.497 e. The quantitative estimate of drug-likeness (QED) is 0.370. The van der Waals surface area contributed by atoms with Crippen LogP contribution in [0.15, 0.2) is 46.8 Å². The molecule has 0 bridgehead atoms. The van der Waals surface area contributed by atoms with Crippen LogP contribution >= 0.6 is 34.5 Å². The van der Waals surface area contributed by atoms with Gasteiger partial charge in [0.15, 0.2) is 0 Å². The van der Waals surface area contributed by atoms with Gasteiger partial charge in [-0.15, -0.1) is 10.2 Å². The van der Waals surface area contributed by atoms with Gasteiger partial charge >= 0.3 is 0 Å². The molecule has 3 aromatic rings. The Bertz CT molecular complexity index is 1230. The van der Waals surface area contributed by atoms with Crippen LogP contribution in [0.2, 0.25) is 10.0 Å². The summed E-state index contributed by atoms with van der Waals surface area (Å²) in [5.41, 5.74) is 0.971. The average Bonchev–Trinajstić information content (AvgIpc) is 3.22. The van der Waals surface area contributed by atoms with Gasteiger partial charge in [0.05, 0.1) is 17.7 Å².